The van der Waals surface area contributed by atoms with Crippen LogP contribution < -0.4 is 16.0 Å². The maximum atomic E-state index is 14.5. The Kier molecular flexibility index (Phi) is 8.21. The zero-order valence-electron chi connectivity index (χ0n) is 20.2. The van der Waals surface area contributed by atoms with Crippen molar-refractivity contribution in [2.45, 2.75) is 77.0 Å². The number of amides is 1. The molecule has 37 heavy (non-hydrogen) atoms. The molecule has 9 nitrogen and oxygen atoms in total. The zero-order chi connectivity index (χ0) is 25.2. The van der Waals surface area contributed by atoms with Crippen molar-refractivity contribution in [1.82, 2.24) is 24.8 Å². The van der Waals surface area contributed by atoms with Crippen molar-refractivity contribution in [3.05, 3.63) is 36.0 Å². The summed E-state index contributed by atoms with van der Waals surface area (Å²) >= 11 is 0. The lowest BCUT2D eigenvalue weighted by Gasteiger charge is -2.29. The summed E-state index contributed by atoms with van der Waals surface area (Å²) < 4.78 is 29.9. The summed E-state index contributed by atoms with van der Waals surface area (Å²) in [4.78, 5) is 26.0. The number of hydrogen-bond donors (Lipinski definition) is 4. The average molecular weight is 516 g/mol. The molecule has 0 atom stereocenters. The molecule has 0 radical (unpaired) electrons. The Labute approximate surface area is 215 Å². The van der Waals surface area contributed by atoms with E-state index in [-0.39, 0.29) is 43.1 Å². The highest BCUT2D eigenvalue weighted by Crippen LogP contribution is 2.37. The van der Waals surface area contributed by atoms with Crippen LogP contribution in [0.1, 0.15) is 64.8 Å². The maximum Gasteiger partial charge on any atom is 0.224 e. The fourth-order valence-electron chi connectivity index (χ4n) is 5.31. The van der Waals surface area contributed by atoms with Crippen molar-refractivity contribution in [2.24, 2.45) is 5.92 Å². The van der Waals surface area contributed by atoms with Crippen molar-refractivity contribution in [3.63, 3.8) is 0 Å². The van der Waals surface area contributed by atoms with E-state index in [9.17, 15) is 18.7 Å². The van der Waals surface area contributed by atoms with Crippen molar-refractivity contribution < 1.29 is 18.7 Å². The minimum atomic E-state index is -0.718. The molecule has 1 aromatic carbocycles. The number of aromatic nitrogens is 4. The van der Waals surface area contributed by atoms with Crippen molar-refractivity contribution >= 4 is 34.7 Å². The van der Waals surface area contributed by atoms with E-state index in [0.717, 1.165) is 57.4 Å². The minimum Gasteiger partial charge on any atom is -0.393 e. The van der Waals surface area contributed by atoms with Gasteiger partial charge in [0, 0.05) is 31.1 Å². The maximum absolute atomic E-state index is 14.5. The van der Waals surface area contributed by atoms with Gasteiger partial charge in [0.05, 0.1) is 18.0 Å². The highest BCUT2D eigenvalue weighted by Gasteiger charge is 2.30. The third-order valence-corrected chi connectivity index (χ3v) is 7.32. The molecule has 0 unspecified atom stereocenters. The Hall–Kier alpha value is -3.34. The number of hydrogen-bond acceptors (Lipinski definition) is 7. The second kappa shape index (κ2) is 11.4. The van der Waals surface area contributed by atoms with E-state index in [1.54, 1.807) is 13.2 Å². The van der Waals surface area contributed by atoms with Crippen LogP contribution in [0, 0.1) is 17.6 Å². The van der Waals surface area contributed by atoms with Gasteiger partial charge in [-0.05, 0) is 63.5 Å². The van der Waals surface area contributed by atoms with Crippen LogP contribution in [-0.2, 0) is 4.79 Å². The van der Waals surface area contributed by atoms with Gasteiger partial charge in [0.2, 0.25) is 17.8 Å². The van der Waals surface area contributed by atoms with E-state index in [0.29, 0.717) is 23.1 Å². The highest BCUT2D eigenvalue weighted by atomic mass is 19.1. The molecule has 2 aliphatic carbocycles. The summed E-state index contributed by atoms with van der Waals surface area (Å²) in [5, 5.41) is 18.9. The van der Waals surface area contributed by atoms with E-state index >= 15 is 0 Å². The summed E-state index contributed by atoms with van der Waals surface area (Å²) in [7, 11) is 1.65. The van der Waals surface area contributed by atoms with Crippen LogP contribution in [0.2, 0.25) is 0 Å². The van der Waals surface area contributed by atoms with Gasteiger partial charge >= 0.3 is 0 Å². The molecule has 0 saturated heterocycles. The fraction of sp³-hybridized carbons (Fsp3) is 0.538. The molecule has 5 rings (SSSR count). The smallest absolute Gasteiger partial charge is 0.224 e. The molecule has 11 heteroatoms. The summed E-state index contributed by atoms with van der Waals surface area (Å²) in [5.41, 5.74) is 1.27. The van der Waals surface area contributed by atoms with E-state index in [1.165, 1.54) is 12.1 Å². The monoisotopic (exact) mass is 515 g/mol. The number of aliphatic hydroxyl groups excluding tert-OH is 1. The number of fused-ring (bicyclic) bond motifs is 1. The number of nitrogens with zero attached hydrogens (tertiary/aromatic N) is 4. The molecule has 2 heterocycles. The Balaban J connectivity index is 0.00000320. The molecule has 0 aliphatic heterocycles. The van der Waals surface area contributed by atoms with Gasteiger partial charge in [0.1, 0.15) is 17.2 Å². The summed E-state index contributed by atoms with van der Waals surface area (Å²) in [6, 6.07) is 3.53. The van der Waals surface area contributed by atoms with E-state index in [2.05, 4.69) is 25.9 Å². The lowest BCUT2D eigenvalue weighted by Crippen LogP contribution is -2.31. The standard InChI is InChI=1S/C25H31F2N7O2.CH4/c1-28-23(36)14-2-7-17(8-3-14)34-22-21(32-25(34)31-20-11-4-15(26)12-19(20)27)13-29-24(33-22)30-16-5-9-18(35)10-6-16;/h4,11-14,16-18,35H,2-3,5-10H2,1H3,(H,28,36)(H,31,32)(H,29,30,33);1H4. The molecule has 3 aromatic rings. The van der Waals surface area contributed by atoms with Crippen LogP contribution >= 0.6 is 0 Å². The molecular formula is C26H35F2N7O2. The summed E-state index contributed by atoms with van der Waals surface area (Å²) in [5.74, 6) is -0.502. The Bertz CT molecular complexity index is 1240. The Morgan fingerprint density at radius 3 is 2.46 bits per heavy atom. The molecule has 2 aromatic heterocycles. The van der Waals surface area contributed by atoms with Gasteiger partial charge in [-0.1, -0.05) is 7.43 Å². The fourth-order valence-corrected chi connectivity index (χ4v) is 5.31. The summed E-state index contributed by atoms with van der Waals surface area (Å²) in [6.45, 7) is 0. The van der Waals surface area contributed by atoms with E-state index in [1.807, 2.05) is 4.57 Å². The Morgan fingerprint density at radius 1 is 1.05 bits per heavy atom. The number of anilines is 3. The van der Waals surface area contributed by atoms with Gasteiger partial charge in [-0.3, -0.25) is 9.36 Å². The highest BCUT2D eigenvalue weighted by molar-refractivity contribution is 5.79. The quantitative estimate of drug-likeness (QED) is 0.377. The van der Waals surface area contributed by atoms with E-state index < -0.39 is 11.6 Å². The van der Waals surface area contributed by atoms with Crippen molar-refractivity contribution in [1.29, 1.82) is 0 Å². The third-order valence-electron chi connectivity index (χ3n) is 7.32. The van der Waals surface area contributed by atoms with Crippen LogP contribution in [0.4, 0.5) is 26.4 Å². The predicted octanol–water partition coefficient (Wildman–Crippen LogP) is 4.68. The largest absolute Gasteiger partial charge is 0.393 e. The number of nitrogens with one attached hydrogen (secondary N) is 3. The first-order valence-corrected chi connectivity index (χ1v) is 12.5. The normalized spacial score (nSPS) is 23.8. The second-order valence-corrected chi connectivity index (χ2v) is 9.73. The minimum absolute atomic E-state index is 0. The lowest BCUT2D eigenvalue weighted by atomic mass is 9.85. The van der Waals surface area contributed by atoms with Crippen LogP contribution in [0.15, 0.2) is 24.4 Å². The summed E-state index contributed by atoms with van der Waals surface area (Å²) in [6.07, 6.45) is 7.44. The van der Waals surface area contributed by atoms with Crippen LogP contribution in [0.3, 0.4) is 0 Å². The SMILES string of the molecule is C.CNC(=O)C1CCC(n2c(Nc3ccc(F)cc3F)nc3cnc(NC4CCC(O)CC4)nc32)CC1. The molecule has 0 spiro atoms. The van der Waals surface area contributed by atoms with Gasteiger partial charge in [-0.25, -0.2) is 18.7 Å². The van der Waals surface area contributed by atoms with Crippen LogP contribution in [-0.4, -0.2) is 49.7 Å². The van der Waals surface area contributed by atoms with Gasteiger partial charge in [0.15, 0.2) is 5.65 Å². The van der Waals surface area contributed by atoms with Gasteiger partial charge in [0.25, 0.3) is 0 Å². The van der Waals surface area contributed by atoms with E-state index in [4.69, 9.17) is 4.98 Å². The molecular weight excluding hydrogens is 480 g/mol. The van der Waals surface area contributed by atoms with Gasteiger partial charge in [-0.15, -0.1) is 0 Å². The number of carbonyl (C=O) groups is 1. The van der Waals surface area contributed by atoms with Crippen molar-refractivity contribution in [2.75, 3.05) is 17.7 Å². The molecule has 0 bridgehead atoms. The molecule has 200 valence electrons. The number of halogens is 2. The molecule has 2 fully saturated rings. The number of rotatable bonds is 6. The van der Waals surface area contributed by atoms with Crippen LogP contribution in [0.25, 0.3) is 11.2 Å². The molecule has 1 amide bonds. The average Bonchev–Trinajstić information content (AvgIpc) is 3.24. The number of benzene rings is 1. The van der Waals surface area contributed by atoms with Crippen LogP contribution in [0.5, 0.6) is 0 Å². The van der Waals surface area contributed by atoms with Gasteiger partial charge < -0.3 is 21.1 Å². The van der Waals surface area contributed by atoms with Gasteiger partial charge in [-0.2, -0.15) is 4.98 Å². The Morgan fingerprint density at radius 2 is 1.78 bits per heavy atom. The first-order chi connectivity index (χ1) is 17.4. The third kappa shape index (κ3) is 5.82. The number of imidazole rings is 1. The molecule has 4 N–H and O–H groups in total. The first-order valence-electron chi connectivity index (χ1n) is 12.5. The predicted molar refractivity (Wildman–Crippen MR) is 139 cm³/mol. The lowest BCUT2D eigenvalue weighted by molar-refractivity contribution is -0.125. The first kappa shape index (κ1) is 26.7. The number of carbonyl (C=O) groups excluding carboxylic acids is 1. The molecule has 2 saturated carbocycles. The zero-order valence-corrected chi connectivity index (χ0v) is 20.2. The topological polar surface area (TPSA) is 117 Å². The van der Waals surface area contributed by atoms with Crippen molar-refractivity contribution in [3.8, 4) is 0 Å². The molecule has 2 aliphatic rings. The number of aliphatic hydroxyl groups is 1. The second-order valence-electron chi connectivity index (χ2n) is 9.73.